The first-order valence-corrected chi connectivity index (χ1v) is 8.75. The number of methoxy groups -OCH3 is 3. The highest BCUT2D eigenvalue weighted by Crippen LogP contribution is 2.45. The Labute approximate surface area is 173 Å². The highest BCUT2D eigenvalue weighted by Gasteiger charge is 2.33. The molecule has 31 heavy (non-hydrogen) atoms. The van der Waals surface area contributed by atoms with Gasteiger partial charge in [-0.1, -0.05) is 0 Å². The van der Waals surface area contributed by atoms with Gasteiger partial charge in [-0.05, 0) is 13.0 Å². The molecule has 0 radical (unpaired) electrons. The second-order valence-corrected chi connectivity index (χ2v) is 5.97. The van der Waals surface area contributed by atoms with Crippen LogP contribution >= 0.6 is 0 Å². The van der Waals surface area contributed by atoms with Crippen LogP contribution in [0.15, 0.2) is 16.5 Å². The zero-order chi connectivity index (χ0) is 22.9. The molecule has 3 rings (SSSR count). The van der Waals surface area contributed by atoms with Crippen molar-refractivity contribution in [2.24, 2.45) is 0 Å². The molecule has 0 bridgehead atoms. The summed E-state index contributed by atoms with van der Waals surface area (Å²) < 4.78 is 25.1. The standard InChI is InChI=1S/C19H16N2O10/c1-5-30-19(24)11-7-9-14(21(25)26)16(27-2)13-12(15(9)31-11)8(17(22)28-3)6-10(20-13)18(23)29-4/h6-7H,5H2,1-4H3. The van der Waals surface area contributed by atoms with E-state index in [0.29, 0.717) is 0 Å². The van der Waals surface area contributed by atoms with Crippen LogP contribution in [-0.4, -0.2) is 55.8 Å². The van der Waals surface area contributed by atoms with Gasteiger partial charge in [0, 0.05) is 6.07 Å². The van der Waals surface area contributed by atoms with Crippen LogP contribution in [0.5, 0.6) is 5.75 Å². The van der Waals surface area contributed by atoms with Crippen molar-refractivity contribution in [3.8, 4) is 5.75 Å². The number of carbonyl (C=O) groups is 3. The minimum Gasteiger partial charge on any atom is -0.489 e. The predicted molar refractivity (Wildman–Crippen MR) is 103 cm³/mol. The van der Waals surface area contributed by atoms with Crippen molar-refractivity contribution < 1.29 is 42.7 Å². The van der Waals surface area contributed by atoms with Crippen LogP contribution in [0.4, 0.5) is 5.69 Å². The minimum absolute atomic E-state index is 0.0412. The van der Waals surface area contributed by atoms with Crippen LogP contribution in [-0.2, 0) is 14.2 Å². The van der Waals surface area contributed by atoms with Crippen LogP contribution in [0.25, 0.3) is 21.9 Å². The summed E-state index contributed by atoms with van der Waals surface area (Å²) in [6, 6.07) is 2.21. The summed E-state index contributed by atoms with van der Waals surface area (Å²) in [5.74, 6) is -3.33. The molecule has 0 spiro atoms. The third kappa shape index (κ3) is 3.47. The highest BCUT2D eigenvalue weighted by molar-refractivity contribution is 6.20. The zero-order valence-corrected chi connectivity index (χ0v) is 16.8. The zero-order valence-electron chi connectivity index (χ0n) is 16.8. The van der Waals surface area contributed by atoms with Crippen molar-refractivity contribution in [2.45, 2.75) is 6.92 Å². The second-order valence-electron chi connectivity index (χ2n) is 5.97. The summed E-state index contributed by atoms with van der Waals surface area (Å²) >= 11 is 0. The van der Waals surface area contributed by atoms with E-state index in [1.54, 1.807) is 6.92 Å². The van der Waals surface area contributed by atoms with Gasteiger partial charge in [-0.3, -0.25) is 10.1 Å². The number of ether oxygens (including phenoxy) is 4. The van der Waals surface area contributed by atoms with Gasteiger partial charge in [0.1, 0.15) is 16.6 Å². The molecule has 162 valence electrons. The number of aromatic nitrogens is 1. The fourth-order valence-corrected chi connectivity index (χ4v) is 3.08. The number of benzene rings is 1. The Morgan fingerprint density at radius 3 is 2.32 bits per heavy atom. The molecular formula is C19H16N2O10. The maximum absolute atomic E-state index is 12.5. The number of esters is 3. The molecule has 0 amide bonds. The van der Waals surface area contributed by atoms with Crippen molar-refractivity contribution in [1.29, 1.82) is 0 Å². The number of rotatable bonds is 6. The average molecular weight is 432 g/mol. The number of nitro groups is 1. The molecule has 3 aromatic rings. The van der Waals surface area contributed by atoms with Crippen LogP contribution in [0, 0.1) is 10.1 Å². The summed E-state index contributed by atoms with van der Waals surface area (Å²) in [5, 5.41) is 11.7. The molecule has 12 nitrogen and oxygen atoms in total. The number of nitrogens with zero attached hydrogens (tertiary/aromatic N) is 2. The van der Waals surface area contributed by atoms with E-state index in [4.69, 9.17) is 18.6 Å². The SMILES string of the molecule is CCOC(=O)c1cc2c([N+](=O)[O-])c(OC)c3nc(C(=O)OC)cc(C(=O)OC)c3c2o1. The van der Waals surface area contributed by atoms with Crippen LogP contribution in [0.3, 0.4) is 0 Å². The molecule has 1 aromatic carbocycles. The first kappa shape index (κ1) is 21.5. The largest absolute Gasteiger partial charge is 0.489 e. The number of fused-ring (bicyclic) bond motifs is 3. The second kappa shape index (κ2) is 8.26. The van der Waals surface area contributed by atoms with Crippen LogP contribution in [0.1, 0.15) is 38.3 Å². The normalized spacial score (nSPS) is 10.7. The number of hydrogen-bond donors (Lipinski definition) is 0. The van der Waals surface area contributed by atoms with Gasteiger partial charge in [0.25, 0.3) is 0 Å². The van der Waals surface area contributed by atoms with Crippen LogP contribution < -0.4 is 4.74 Å². The fourth-order valence-electron chi connectivity index (χ4n) is 3.08. The van der Waals surface area contributed by atoms with Crippen molar-refractivity contribution >= 4 is 45.5 Å². The third-order valence-electron chi connectivity index (χ3n) is 4.33. The van der Waals surface area contributed by atoms with E-state index >= 15 is 0 Å². The van der Waals surface area contributed by atoms with Gasteiger partial charge in [0.05, 0.1) is 43.8 Å². The van der Waals surface area contributed by atoms with Crippen molar-refractivity contribution in [3.05, 3.63) is 39.3 Å². The van der Waals surface area contributed by atoms with Crippen molar-refractivity contribution in [1.82, 2.24) is 4.98 Å². The molecule has 12 heteroatoms. The first-order valence-electron chi connectivity index (χ1n) is 8.75. The molecule has 2 aromatic heterocycles. The molecular weight excluding hydrogens is 416 g/mol. The molecule has 0 fully saturated rings. The lowest BCUT2D eigenvalue weighted by Crippen LogP contribution is -2.11. The Balaban J connectivity index is 2.59. The predicted octanol–water partition coefficient (Wildman–Crippen LogP) is 2.65. The monoisotopic (exact) mass is 432 g/mol. The van der Waals surface area contributed by atoms with E-state index in [2.05, 4.69) is 9.72 Å². The molecule has 0 N–H and O–H groups in total. The number of furan rings is 1. The lowest BCUT2D eigenvalue weighted by Gasteiger charge is -2.11. The summed E-state index contributed by atoms with van der Waals surface area (Å²) in [5.41, 5.74) is -1.52. The minimum atomic E-state index is -0.900. The number of carbonyl (C=O) groups excluding carboxylic acids is 3. The fraction of sp³-hybridized carbons (Fsp3) is 0.263. The van der Waals surface area contributed by atoms with Gasteiger partial charge in [-0.15, -0.1) is 0 Å². The third-order valence-corrected chi connectivity index (χ3v) is 4.33. The molecule has 0 atom stereocenters. The van der Waals surface area contributed by atoms with E-state index in [1.165, 1.54) is 0 Å². The summed E-state index contributed by atoms with van der Waals surface area (Å²) in [4.78, 5) is 51.9. The van der Waals surface area contributed by atoms with Gasteiger partial charge >= 0.3 is 23.6 Å². The van der Waals surface area contributed by atoms with Gasteiger partial charge in [-0.25, -0.2) is 19.4 Å². The number of nitro benzene ring substituents is 1. The lowest BCUT2D eigenvalue weighted by molar-refractivity contribution is -0.383. The highest BCUT2D eigenvalue weighted by atomic mass is 16.6. The Morgan fingerprint density at radius 2 is 1.77 bits per heavy atom. The Bertz CT molecular complexity index is 1240. The average Bonchev–Trinajstić information content (AvgIpc) is 3.20. The Kier molecular flexibility index (Phi) is 5.72. The van der Waals surface area contributed by atoms with Gasteiger partial charge in [0.2, 0.25) is 11.5 Å². The van der Waals surface area contributed by atoms with E-state index < -0.39 is 28.5 Å². The molecule has 0 aliphatic carbocycles. The molecule has 2 heterocycles. The summed E-state index contributed by atoms with van der Waals surface area (Å²) in [6.07, 6.45) is 0. The number of hydrogen-bond acceptors (Lipinski definition) is 11. The van der Waals surface area contributed by atoms with Gasteiger partial charge < -0.3 is 23.4 Å². The first-order chi connectivity index (χ1) is 14.8. The van der Waals surface area contributed by atoms with Gasteiger partial charge in [-0.2, -0.15) is 0 Å². The molecule has 0 saturated heterocycles. The summed E-state index contributed by atoms with van der Waals surface area (Å²) in [7, 11) is 3.37. The van der Waals surface area contributed by atoms with Gasteiger partial charge in [0.15, 0.2) is 5.58 Å². The molecule has 0 unspecified atom stereocenters. The van der Waals surface area contributed by atoms with E-state index in [9.17, 15) is 24.5 Å². The topological polar surface area (TPSA) is 157 Å². The van der Waals surface area contributed by atoms with Crippen molar-refractivity contribution in [3.63, 3.8) is 0 Å². The van der Waals surface area contributed by atoms with E-state index in [-0.39, 0.29) is 51.2 Å². The number of pyridine rings is 1. The maximum Gasteiger partial charge on any atom is 0.374 e. The Hall–Kier alpha value is -4.22. The Morgan fingerprint density at radius 1 is 1.10 bits per heavy atom. The molecule has 0 aliphatic heterocycles. The van der Waals surface area contributed by atoms with E-state index in [0.717, 1.165) is 33.5 Å². The summed E-state index contributed by atoms with van der Waals surface area (Å²) in [6.45, 7) is 1.62. The molecule has 0 aliphatic rings. The van der Waals surface area contributed by atoms with E-state index in [1.807, 2.05) is 0 Å². The van der Waals surface area contributed by atoms with Crippen molar-refractivity contribution in [2.75, 3.05) is 27.9 Å². The smallest absolute Gasteiger partial charge is 0.374 e. The molecule has 0 saturated carbocycles. The maximum atomic E-state index is 12.5. The lowest BCUT2D eigenvalue weighted by atomic mass is 10.0. The quantitative estimate of drug-likeness (QED) is 0.244. The van der Waals surface area contributed by atoms with Crippen LogP contribution in [0.2, 0.25) is 0 Å².